The van der Waals surface area contributed by atoms with Crippen LogP contribution in [0.4, 0.5) is 11.4 Å². The standard InChI is InChI=1S/C16H22N2O3/c1-3-12(4-2)17-13-8-11(16(20)21)9-14(10-13)18-7-5-6-15(18)19/h8-10,12,17H,3-7H2,1-2H3,(H,20,21). The zero-order chi connectivity index (χ0) is 15.4. The molecule has 1 saturated heterocycles. The summed E-state index contributed by atoms with van der Waals surface area (Å²) in [6.07, 6.45) is 3.29. The fraction of sp³-hybridized carbons (Fsp3) is 0.500. The first-order chi connectivity index (χ1) is 10.0. The van der Waals surface area contributed by atoms with Crippen LogP contribution >= 0.6 is 0 Å². The van der Waals surface area contributed by atoms with Gasteiger partial charge in [0.05, 0.1) is 5.56 Å². The van der Waals surface area contributed by atoms with E-state index in [1.807, 2.05) is 6.07 Å². The maximum Gasteiger partial charge on any atom is 0.335 e. The number of carboxylic acids is 1. The second-order valence-electron chi connectivity index (χ2n) is 5.38. The van der Waals surface area contributed by atoms with Gasteiger partial charge in [-0.25, -0.2) is 4.79 Å². The van der Waals surface area contributed by atoms with Crippen molar-refractivity contribution < 1.29 is 14.7 Å². The van der Waals surface area contributed by atoms with Crippen molar-refractivity contribution in [2.24, 2.45) is 0 Å². The SMILES string of the molecule is CCC(CC)Nc1cc(C(=O)O)cc(N2CCCC2=O)c1. The number of aromatic carboxylic acids is 1. The molecule has 0 unspecified atom stereocenters. The molecule has 5 nitrogen and oxygen atoms in total. The van der Waals surface area contributed by atoms with Crippen molar-refractivity contribution in [3.05, 3.63) is 23.8 Å². The summed E-state index contributed by atoms with van der Waals surface area (Å²) >= 11 is 0. The maximum atomic E-state index is 11.9. The summed E-state index contributed by atoms with van der Waals surface area (Å²) in [4.78, 5) is 24.8. The molecular weight excluding hydrogens is 268 g/mol. The first-order valence-corrected chi connectivity index (χ1v) is 7.50. The molecule has 1 amide bonds. The Bertz CT molecular complexity index is 538. The van der Waals surface area contributed by atoms with Crippen molar-refractivity contribution >= 4 is 23.3 Å². The Labute approximate surface area is 125 Å². The van der Waals surface area contributed by atoms with Crippen molar-refractivity contribution in [3.63, 3.8) is 0 Å². The Kier molecular flexibility index (Phi) is 4.83. The van der Waals surface area contributed by atoms with E-state index < -0.39 is 5.97 Å². The van der Waals surface area contributed by atoms with E-state index in [0.29, 0.717) is 24.7 Å². The molecule has 0 radical (unpaired) electrons. The molecule has 1 fully saturated rings. The Morgan fingerprint density at radius 2 is 2.05 bits per heavy atom. The van der Waals surface area contributed by atoms with Gasteiger partial charge in [0.1, 0.15) is 0 Å². The maximum absolute atomic E-state index is 11.9. The third-order valence-electron chi connectivity index (χ3n) is 3.91. The van der Waals surface area contributed by atoms with Gasteiger partial charge < -0.3 is 15.3 Å². The molecule has 1 aliphatic rings. The van der Waals surface area contributed by atoms with Crippen LogP contribution < -0.4 is 10.2 Å². The van der Waals surface area contributed by atoms with Gasteiger partial charge in [-0.3, -0.25) is 4.79 Å². The van der Waals surface area contributed by atoms with Gasteiger partial charge in [-0.2, -0.15) is 0 Å². The van der Waals surface area contributed by atoms with Crippen molar-refractivity contribution in [1.82, 2.24) is 0 Å². The van der Waals surface area contributed by atoms with Crippen molar-refractivity contribution in [2.75, 3.05) is 16.8 Å². The molecule has 0 spiro atoms. The molecule has 1 aromatic carbocycles. The highest BCUT2D eigenvalue weighted by Crippen LogP contribution is 2.27. The Morgan fingerprint density at radius 1 is 1.33 bits per heavy atom. The lowest BCUT2D eigenvalue weighted by Crippen LogP contribution is -2.24. The predicted molar refractivity (Wildman–Crippen MR) is 83.0 cm³/mol. The van der Waals surface area contributed by atoms with Crippen LogP contribution in [0, 0.1) is 0 Å². The fourth-order valence-corrected chi connectivity index (χ4v) is 2.62. The van der Waals surface area contributed by atoms with Gasteiger partial charge in [-0.1, -0.05) is 13.8 Å². The van der Waals surface area contributed by atoms with Crippen molar-refractivity contribution in [1.29, 1.82) is 0 Å². The minimum Gasteiger partial charge on any atom is -0.478 e. The first kappa shape index (κ1) is 15.4. The normalized spacial score (nSPS) is 14.8. The van der Waals surface area contributed by atoms with Crippen LogP contribution in [0.2, 0.25) is 0 Å². The number of hydrogen-bond donors (Lipinski definition) is 2. The summed E-state index contributed by atoms with van der Waals surface area (Å²) in [5.41, 5.74) is 1.64. The topological polar surface area (TPSA) is 69.6 Å². The molecule has 0 aliphatic carbocycles. The summed E-state index contributed by atoms with van der Waals surface area (Å²) in [5.74, 6) is -0.915. The summed E-state index contributed by atoms with van der Waals surface area (Å²) in [6, 6.07) is 5.37. The Balaban J connectivity index is 2.34. The molecule has 1 aromatic rings. The molecule has 5 heteroatoms. The highest BCUT2D eigenvalue weighted by atomic mass is 16.4. The summed E-state index contributed by atoms with van der Waals surface area (Å²) < 4.78 is 0. The second-order valence-corrected chi connectivity index (χ2v) is 5.38. The number of carboxylic acid groups (broad SMARTS) is 1. The van der Waals surface area contributed by atoms with Gasteiger partial charge in [0, 0.05) is 30.4 Å². The fourth-order valence-electron chi connectivity index (χ4n) is 2.62. The van der Waals surface area contributed by atoms with Crippen LogP contribution in [0.5, 0.6) is 0 Å². The van der Waals surface area contributed by atoms with E-state index in [1.165, 1.54) is 0 Å². The molecule has 0 atom stereocenters. The molecule has 2 rings (SSSR count). The average Bonchev–Trinajstić information content (AvgIpc) is 2.90. The molecule has 0 aromatic heterocycles. The second kappa shape index (κ2) is 6.61. The van der Waals surface area contributed by atoms with Crippen LogP contribution in [0.25, 0.3) is 0 Å². The molecule has 1 heterocycles. The van der Waals surface area contributed by atoms with Gasteiger partial charge in [-0.15, -0.1) is 0 Å². The number of nitrogens with one attached hydrogen (secondary N) is 1. The molecule has 114 valence electrons. The summed E-state index contributed by atoms with van der Waals surface area (Å²) in [7, 11) is 0. The van der Waals surface area contributed by atoms with E-state index in [-0.39, 0.29) is 11.5 Å². The largest absolute Gasteiger partial charge is 0.478 e. The van der Waals surface area contributed by atoms with E-state index in [9.17, 15) is 14.7 Å². The minimum absolute atomic E-state index is 0.0611. The highest BCUT2D eigenvalue weighted by Gasteiger charge is 2.23. The number of rotatable bonds is 6. The van der Waals surface area contributed by atoms with Gasteiger partial charge >= 0.3 is 5.97 Å². The molecule has 0 saturated carbocycles. The smallest absolute Gasteiger partial charge is 0.335 e. The van der Waals surface area contributed by atoms with E-state index in [0.717, 1.165) is 24.9 Å². The van der Waals surface area contributed by atoms with Gasteiger partial charge in [0.25, 0.3) is 0 Å². The lowest BCUT2D eigenvalue weighted by molar-refractivity contribution is -0.117. The number of benzene rings is 1. The highest BCUT2D eigenvalue weighted by molar-refractivity contribution is 5.98. The number of amides is 1. The summed E-state index contributed by atoms with van der Waals surface area (Å²) in [6.45, 7) is 4.84. The quantitative estimate of drug-likeness (QED) is 0.844. The zero-order valence-corrected chi connectivity index (χ0v) is 12.6. The van der Waals surface area contributed by atoms with Crippen molar-refractivity contribution in [2.45, 2.75) is 45.6 Å². The van der Waals surface area contributed by atoms with Crippen LogP contribution in [0.3, 0.4) is 0 Å². The third kappa shape index (κ3) is 3.54. The number of nitrogens with zero attached hydrogens (tertiary/aromatic N) is 1. The van der Waals surface area contributed by atoms with Crippen LogP contribution in [0.15, 0.2) is 18.2 Å². The lowest BCUT2D eigenvalue weighted by atomic mass is 10.1. The van der Waals surface area contributed by atoms with E-state index >= 15 is 0 Å². The molecule has 21 heavy (non-hydrogen) atoms. The van der Waals surface area contributed by atoms with Crippen LogP contribution in [-0.4, -0.2) is 29.6 Å². The Hall–Kier alpha value is -2.04. The Morgan fingerprint density at radius 3 is 2.57 bits per heavy atom. The number of hydrogen-bond acceptors (Lipinski definition) is 3. The van der Waals surface area contributed by atoms with E-state index in [1.54, 1.807) is 17.0 Å². The number of carbonyl (C=O) groups excluding carboxylic acids is 1. The van der Waals surface area contributed by atoms with Gasteiger partial charge in [-0.05, 0) is 37.5 Å². The minimum atomic E-state index is -0.976. The molecule has 1 aliphatic heterocycles. The molecular formula is C16H22N2O3. The van der Waals surface area contributed by atoms with Gasteiger partial charge in [0.15, 0.2) is 0 Å². The van der Waals surface area contributed by atoms with Crippen LogP contribution in [-0.2, 0) is 4.79 Å². The monoisotopic (exact) mass is 290 g/mol. The first-order valence-electron chi connectivity index (χ1n) is 7.50. The predicted octanol–water partition coefficient (Wildman–Crippen LogP) is 3.11. The van der Waals surface area contributed by atoms with Crippen molar-refractivity contribution in [3.8, 4) is 0 Å². The van der Waals surface area contributed by atoms with Gasteiger partial charge in [0.2, 0.25) is 5.91 Å². The third-order valence-corrected chi connectivity index (χ3v) is 3.91. The average molecular weight is 290 g/mol. The summed E-state index contributed by atoms with van der Waals surface area (Å²) in [5, 5.41) is 12.6. The number of carbonyl (C=O) groups is 2. The zero-order valence-electron chi connectivity index (χ0n) is 12.6. The molecule has 0 bridgehead atoms. The van der Waals surface area contributed by atoms with Crippen LogP contribution in [0.1, 0.15) is 49.9 Å². The van der Waals surface area contributed by atoms with E-state index in [2.05, 4.69) is 19.2 Å². The van der Waals surface area contributed by atoms with E-state index in [4.69, 9.17) is 0 Å². The lowest BCUT2D eigenvalue weighted by Gasteiger charge is -2.21. The molecule has 2 N–H and O–H groups in total. The number of anilines is 2.